The number of para-hydroxylation sites is 1. The number of anilines is 2. The first-order chi connectivity index (χ1) is 10.1. The average Bonchev–Trinajstić information content (AvgIpc) is 2.52. The highest BCUT2D eigenvalue weighted by Gasteiger charge is 2.13. The van der Waals surface area contributed by atoms with Crippen LogP contribution in [0, 0.1) is 6.92 Å². The van der Waals surface area contributed by atoms with Crippen molar-refractivity contribution < 1.29 is 4.79 Å². The number of hydrogen-bond acceptors (Lipinski definition) is 4. The Labute approximate surface area is 124 Å². The monoisotopic (exact) mass is 282 g/mol. The third-order valence-electron chi connectivity index (χ3n) is 2.93. The van der Waals surface area contributed by atoms with Gasteiger partial charge >= 0.3 is 0 Å². The smallest absolute Gasteiger partial charge is 0.270 e. The van der Waals surface area contributed by atoms with Gasteiger partial charge in [-0.1, -0.05) is 24.3 Å². The minimum absolute atomic E-state index is 0.233. The number of benzene rings is 1. The fourth-order valence-corrected chi connectivity index (χ4v) is 1.84. The van der Waals surface area contributed by atoms with Gasteiger partial charge in [0, 0.05) is 25.0 Å². The molecule has 0 saturated heterocycles. The van der Waals surface area contributed by atoms with E-state index in [1.807, 2.05) is 49.2 Å². The highest BCUT2D eigenvalue weighted by Crippen LogP contribution is 2.19. The fraction of sp³-hybridized carbons (Fsp3) is 0.188. The fourth-order valence-electron chi connectivity index (χ4n) is 1.84. The van der Waals surface area contributed by atoms with Gasteiger partial charge in [0.1, 0.15) is 5.69 Å². The maximum atomic E-state index is 12.0. The second-order valence-electron chi connectivity index (χ2n) is 4.59. The molecule has 0 radical (unpaired) electrons. The number of aryl methyl sites for hydroxylation is 1. The Bertz CT molecular complexity index is 640. The molecular formula is C16H18N4O. The van der Waals surface area contributed by atoms with E-state index in [0.29, 0.717) is 18.2 Å². The van der Waals surface area contributed by atoms with Crippen molar-refractivity contribution in [3.05, 3.63) is 60.4 Å². The van der Waals surface area contributed by atoms with Gasteiger partial charge in [-0.2, -0.15) is 0 Å². The lowest BCUT2D eigenvalue weighted by Gasteiger charge is -2.18. The van der Waals surface area contributed by atoms with Gasteiger partial charge in [0.25, 0.3) is 5.91 Å². The van der Waals surface area contributed by atoms with Crippen LogP contribution in [0.1, 0.15) is 16.2 Å². The van der Waals surface area contributed by atoms with Gasteiger partial charge in [-0.3, -0.25) is 4.79 Å². The van der Waals surface area contributed by atoms with Gasteiger partial charge in [0.05, 0.1) is 0 Å². The predicted octanol–water partition coefficient (Wildman–Crippen LogP) is 2.47. The Hall–Kier alpha value is -2.69. The van der Waals surface area contributed by atoms with Gasteiger partial charge in [0.15, 0.2) is 0 Å². The van der Waals surface area contributed by atoms with Crippen molar-refractivity contribution >= 4 is 17.5 Å². The lowest BCUT2D eigenvalue weighted by Crippen LogP contribution is -2.25. The van der Waals surface area contributed by atoms with Gasteiger partial charge in [-0.05, 0) is 25.1 Å². The van der Waals surface area contributed by atoms with Crippen LogP contribution in [-0.4, -0.2) is 29.5 Å². The topological polar surface area (TPSA) is 58.1 Å². The van der Waals surface area contributed by atoms with Crippen molar-refractivity contribution in [1.29, 1.82) is 0 Å². The molecule has 108 valence electrons. The molecule has 0 bridgehead atoms. The number of hydrogen-bond donors (Lipinski definition) is 1. The summed E-state index contributed by atoms with van der Waals surface area (Å²) in [4.78, 5) is 22.6. The summed E-state index contributed by atoms with van der Waals surface area (Å²) in [6.07, 6.45) is 1.63. The maximum Gasteiger partial charge on any atom is 0.270 e. The molecule has 1 N–H and O–H groups in total. The largest absolute Gasteiger partial charge is 0.347 e. The SMILES string of the molecule is C=CCNC(=O)c1cc(C)nc(N(C)c2ccccc2)n1. The maximum absolute atomic E-state index is 12.0. The van der Waals surface area contributed by atoms with E-state index >= 15 is 0 Å². The van der Waals surface area contributed by atoms with Crippen LogP contribution in [0.25, 0.3) is 0 Å². The zero-order chi connectivity index (χ0) is 15.2. The first kappa shape index (κ1) is 14.7. The molecule has 1 aromatic carbocycles. The van der Waals surface area contributed by atoms with Crippen LogP contribution < -0.4 is 10.2 Å². The zero-order valence-electron chi connectivity index (χ0n) is 12.2. The molecule has 21 heavy (non-hydrogen) atoms. The summed E-state index contributed by atoms with van der Waals surface area (Å²) in [6.45, 7) is 5.82. The summed E-state index contributed by atoms with van der Waals surface area (Å²) in [6, 6.07) is 11.4. The van der Waals surface area contributed by atoms with Crippen LogP contribution in [0.15, 0.2) is 49.1 Å². The van der Waals surface area contributed by atoms with Crippen LogP contribution in [0.2, 0.25) is 0 Å². The first-order valence-corrected chi connectivity index (χ1v) is 6.65. The normalized spacial score (nSPS) is 10.0. The first-order valence-electron chi connectivity index (χ1n) is 6.65. The minimum Gasteiger partial charge on any atom is -0.347 e. The molecule has 0 aliphatic heterocycles. The van der Waals surface area contributed by atoms with Crippen molar-refractivity contribution in [2.45, 2.75) is 6.92 Å². The van der Waals surface area contributed by atoms with Crippen LogP contribution in [0.4, 0.5) is 11.6 Å². The second kappa shape index (κ2) is 6.65. The van der Waals surface area contributed by atoms with Gasteiger partial charge in [-0.15, -0.1) is 6.58 Å². The molecular weight excluding hydrogens is 264 g/mol. The van der Waals surface area contributed by atoms with E-state index in [1.54, 1.807) is 12.1 Å². The third kappa shape index (κ3) is 3.66. The standard InChI is InChI=1S/C16H18N4O/c1-4-10-17-15(21)14-11-12(2)18-16(19-14)20(3)13-8-6-5-7-9-13/h4-9,11H,1,10H2,2-3H3,(H,17,21). The molecule has 5 heteroatoms. The van der Waals surface area contributed by atoms with E-state index < -0.39 is 0 Å². The number of carbonyl (C=O) groups is 1. The summed E-state index contributed by atoms with van der Waals surface area (Å²) < 4.78 is 0. The summed E-state index contributed by atoms with van der Waals surface area (Å²) >= 11 is 0. The highest BCUT2D eigenvalue weighted by molar-refractivity contribution is 5.92. The molecule has 0 fully saturated rings. The van der Waals surface area contributed by atoms with E-state index in [0.717, 1.165) is 11.4 Å². The van der Waals surface area contributed by atoms with Gasteiger partial charge in [0.2, 0.25) is 5.95 Å². The lowest BCUT2D eigenvalue weighted by molar-refractivity contribution is 0.0953. The van der Waals surface area contributed by atoms with E-state index in [-0.39, 0.29) is 5.91 Å². The summed E-state index contributed by atoms with van der Waals surface area (Å²) in [5, 5.41) is 2.72. The minimum atomic E-state index is -0.233. The number of nitrogens with one attached hydrogen (secondary N) is 1. The molecule has 0 saturated carbocycles. The van der Waals surface area contributed by atoms with Crippen LogP contribution in [0.5, 0.6) is 0 Å². The molecule has 0 unspecified atom stereocenters. The summed E-state index contributed by atoms with van der Waals surface area (Å²) in [5.74, 6) is 0.257. The van der Waals surface area contributed by atoms with E-state index in [2.05, 4.69) is 21.9 Å². The van der Waals surface area contributed by atoms with Crippen molar-refractivity contribution in [2.24, 2.45) is 0 Å². The molecule has 0 spiro atoms. The molecule has 0 aliphatic carbocycles. The number of aromatic nitrogens is 2. The molecule has 2 rings (SSSR count). The molecule has 1 heterocycles. The Morgan fingerprint density at radius 3 is 2.71 bits per heavy atom. The summed E-state index contributed by atoms with van der Waals surface area (Å²) in [5.41, 5.74) is 2.05. The van der Waals surface area contributed by atoms with Crippen LogP contribution >= 0.6 is 0 Å². The van der Waals surface area contributed by atoms with Gasteiger partial charge in [-0.25, -0.2) is 9.97 Å². The van der Waals surface area contributed by atoms with Crippen molar-refractivity contribution in [2.75, 3.05) is 18.5 Å². The molecule has 2 aromatic rings. The number of carbonyl (C=O) groups excluding carboxylic acids is 1. The number of nitrogens with zero attached hydrogens (tertiary/aromatic N) is 3. The number of amides is 1. The van der Waals surface area contributed by atoms with Crippen molar-refractivity contribution in [3.63, 3.8) is 0 Å². The third-order valence-corrected chi connectivity index (χ3v) is 2.93. The van der Waals surface area contributed by atoms with E-state index in [9.17, 15) is 4.79 Å². The highest BCUT2D eigenvalue weighted by atomic mass is 16.1. The number of rotatable bonds is 5. The Morgan fingerprint density at radius 2 is 2.05 bits per heavy atom. The van der Waals surface area contributed by atoms with E-state index in [4.69, 9.17) is 0 Å². The molecule has 0 aliphatic rings. The molecule has 1 amide bonds. The predicted molar refractivity (Wildman–Crippen MR) is 83.8 cm³/mol. The second-order valence-corrected chi connectivity index (χ2v) is 4.59. The zero-order valence-corrected chi connectivity index (χ0v) is 12.2. The molecule has 1 aromatic heterocycles. The Balaban J connectivity index is 2.30. The van der Waals surface area contributed by atoms with E-state index in [1.165, 1.54) is 0 Å². The summed E-state index contributed by atoms with van der Waals surface area (Å²) in [7, 11) is 1.87. The van der Waals surface area contributed by atoms with Crippen molar-refractivity contribution in [1.82, 2.24) is 15.3 Å². The van der Waals surface area contributed by atoms with Crippen molar-refractivity contribution in [3.8, 4) is 0 Å². The van der Waals surface area contributed by atoms with Gasteiger partial charge < -0.3 is 10.2 Å². The van der Waals surface area contributed by atoms with Crippen LogP contribution in [-0.2, 0) is 0 Å². The Morgan fingerprint density at radius 1 is 1.33 bits per heavy atom. The Kier molecular flexibility index (Phi) is 4.66. The molecule has 5 nitrogen and oxygen atoms in total. The quantitative estimate of drug-likeness (QED) is 0.856. The molecule has 0 atom stereocenters. The average molecular weight is 282 g/mol. The lowest BCUT2D eigenvalue weighted by atomic mass is 10.3. The van der Waals surface area contributed by atoms with Crippen LogP contribution in [0.3, 0.4) is 0 Å².